The van der Waals surface area contributed by atoms with Crippen molar-refractivity contribution in [3.05, 3.63) is 40.6 Å². The normalized spacial score (nSPS) is 38.8. The molecule has 2 amide bonds. The van der Waals surface area contributed by atoms with E-state index in [0.29, 0.717) is 29.2 Å². The molecule has 4 aliphatic rings. The van der Waals surface area contributed by atoms with Crippen molar-refractivity contribution in [3.8, 4) is 0 Å². The molecule has 1 saturated heterocycles. The first-order valence-corrected chi connectivity index (χ1v) is 12.6. The van der Waals surface area contributed by atoms with Crippen molar-refractivity contribution in [1.29, 1.82) is 0 Å². The number of piperidine rings is 1. The number of likely N-dealkylation sites (tertiary alicyclic amines) is 1. The van der Waals surface area contributed by atoms with Gasteiger partial charge in [-0.05, 0) is 86.8 Å². The van der Waals surface area contributed by atoms with Gasteiger partial charge in [0.2, 0.25) is 11.8 Å². The Morgan fingerprint density at radius 2 is 1.94 bits per heavy atom. The fourth-order valence-electron chi connectivity index (χ4n) is 8.34. The van der Waals surface area contributed by atoms with Gasteiger partial charge in [-0.2, -0.15) is 0 Å². The average Bonchev–Trinajstić information content (AvgIpc) is 3.09. The summed E-state index contributed by atoms with van der Waals surface area (Å²) in [7, 11) is 1.97. The summed E-state index contributed by atoms with van der Waals surface area (Å²) in [5.41, 5.74) is 3.59. The van der Waals surface area contributed by atoms with E-state index in [9.17, 15) is 9.59 Å². The lowest BCUT2D eigenvalue weighted by atomic mass is 9.48. The standard InChI is InChI=1S/C27H35ClN2O2/c1-16-14-19-20-8-9-22(25(32)29-18-7-5-6-17(28)15-18)26(20,2)12-10-21(19)27(3)13-11-23(31)30(4)24(16)27/h5-7,15,19-22H,8-14H2,1-4H3,(H,29,32)/t19-,20-,21-,22+,26-,27+/m0/s1. The monoisotopic (exact) mass is 454 g/mol. The van der Waals surface area contributed by atoms with Crippen LogP contribution in [0.25, 0.3) is 0 Å². The number of nitrogens with zero attached hydrogens (tertiary/aromatic N) is 1. The Labute approximate surface area is 196 Å². The van der Waals surface area contributed by atoms with Crippen LogP contribution >= 0.6 is 11.6 Å². The third-order valence-electron chi connectivity index (χ3n) is 9.72. The highest BCUT2D eigenvalue weighted by atomic mass is 35.5. The number of halogens is 1. The van der Waals surface area contributed by atoms with E-state index in [-0.39, 0.29) is 28.6 Å². The van der Waals surface area contributed by atoms with Gasteiger partial charge in [0.1, 0.15) is 0 Å². The molecule has 3 fully saturated rings. The van der Waals surface area contributed by atoms with Crippen LogP contribution in [0.4, 0.5) is 5.69 Å². The maximum Gasteiger partial charge on any atom is 0.228 e. The van der Waals surface area contributed by atoms with E-state index >= 15 is 0 Å². The maximum absolute atomic E-state index is 13.4. The quantitative estimate of drug-likeness (QED) is 0.572. The molecule has 2 saturated carbocycles. The number of hydrogen-bond donors (Lipinski definition) is 1. The van der Waals surface area contributed by atoms with Crippen LogP contribution in [0.2, 0.25) is 5.02 Å². The first kappa shape index (κ1) is 22.0. The van der Waals surface area contributed by atoms with Gasteiger partial charge in [0.05, 0.1) is 0 Å². The molecule has 5 rings (SSSR count). The highest BCUT2D eigenvalue weighted by molar-refractivity contribution is 6.30. The van der Waals surface area contributed by atoms with Crippen LogP contribution in [0.3, 0.4) is 0 Å². The molecule has 0 spiro atoms. The summed E-state index contributed by atoms with van der Waals surface area (Å²) in [5, 5.41) is 3.79. The summed E-state index contributed by atoms with van der Waals surface area (Å²) < 4.78 is 0. The number of rotatable bonds is 2. The highest BCUT2D eigenvalue weighted by Gasteiger charge is 2.61. The second kappa shape index (κ2) is 7.62. The van der Waals surface area contributed by atoms with Crippen LogP contribution in [-0.2, 0) is 9.59 Å². The summed E-state index contributed by atoms with van der Waals surface area (Å²) in [6.45, 7) is 7.02. The van der Waals surface area contributed by atoms with Crippen molar-refractivity contribution in [2.75, 3.05) is 12.4 Å². The van der Waals surface area contributed by atoms with Crippen LogP contribution in [0.1, 0.15) is 65.7 Å². The largest absolute Gasteiger partial charge is 0.326 e. The smallest absolute Gasteiger partial charge is 0.228 e. The number of allylic oxidation sites excluding steroid dienone is 2. The molecule has 1 aromatic rings. The average molecular weight is 455 g/mol. The second-order valence-corrected chi connectivity index (χ2v) is 11.7. The third kappa shape index (κ3) is 3.16. The molecule has 0 aromatic heterocycles. The van der Waals surface area contributed by atoms with Gasteiger partial charge < -0.3 is 10.2 Å². The Kier molecular flexibility index (Phi) is 5.24. The molecule has 1 aliphatic heterocycles. The molecule has 1 N–H and O–H groups in total. The fraction of sp³-hybridized carbons (Fsp3) is 0.630. The molecule has 172 valence electrons. The Bertz CT molecular complexity index is 1000. The van der Waals surface area contributed by atoms with Gasteiger partial charge in [0.25, 0.3) is 0 Å². The second-order valence-electron chi connectivity index (χ2n) is 11.3. The Morgan fingerprint density at radius 1 is 1.16 bits per heavy atom. The van der Waals surface area contributed by atoms with Crippen molar-refractivity contribution in [2.24, 2.45) is 34.5 Å². The van der Waals surface area contributed by atoms with Gasteiger partial charge in [-0.1, -0.05) is 37.1 Å². The van der Waals surface area contributed by atoms with Gasteiger partial charge in [0.15, 0.2) is 0 Å². The number of amides is 2. The molecule has 5 heteroatoms. The van der Waals surface area contributed by atoms with E-state index in [2.05, 4.69) is 26.1 Å². The zero-order valence-corrected chi connectivity index (χ0v) is 20.5. The predicted octanol–water partition coefficient (Wildman–Crippen LogP) is 6.27. The number of nitrogens with one attached hydrogen (secondary N) is 1. The van der Waals surface area contributed by atoms with E-state index in [1.807, 2.05) is 36.2 Å². The summed E-state index contributed by atoms with van der Waals surface area (Å²) in [5.74, 6) is 2.22. The third-order valence-corrected chi connectivity index (χ3v) is 9.95. The summed E-state index contributed by atoms with van der Waals surface area (Å²) in [4.78, 5) is 27.8. The van der Waals surface area contributed by atoms with Gasteiger partial charge in [-0.15, -0.1) is 0 Å². The Balaban J connectivity index is 1.42. The van der Waals surface area contributed by atoms with Gasteiger partial charge >= 0.3 is 0 Å². The van der Waals surface area contributed by atoms with Crippen LogP contribution in [0.5, 0.6) is 0 Å². The number of benzene rings is 1. The minimum absolute atomic E-state index is 0.0361. The van der Waals surface area contributed by atoms with Crippen molar-refractivity contribution < 1.29 is 9.59 Å². The van der Waals surface area contributed by atoms with Crippen LogP contribution in [0.15, 0.2) is 35.5 Å². The van der Waals surface area contributed by atoms with E-state index < -0.39 is 0 Å². The molecule has 1 aromatic carbocycles. The topological polar surface area (TPSA) is 49.4 Å². The Hall–Kier alpha value is -1.81. The molecule has 0 bridgehead atoms. The molecule has 4 nitrogen and oxygen atoms in total. The van der Waals surface area contributed by atoms with Crippen molar-refractivity contribution in [3.63, 3.8) is 0 Å². The van der Waals surface area contributed by atoms with Crippen LogP contribution in [-0.4, -0.2) is 23.8 Å². The fourth-order valence-corrected chi connectivity index (χ4v) is 8.53. The first-order chi connectivity index (χ1) is 15.1. The maximum atomic E-state index is 13.4. The van der Waals surface area contributed by atoms with Gasteiger partial charge in [-0.25, -0.2) is 0 Å². The number of carbonyl (C=O) groups is 2. The number of anilines is 1. The Morgan fingerprint density at radius 3 is 2.69 bits per heavy atom. The van der Waals surface area contributed by atoms with Crippen molar-refractivity contribution >= 4 is 29.1 Å². The van der Waals surface area contributed by atoms with Crippen LogP contribution < -0.4 is 5.32 Å². The minimum atomic E-state index is 0.0361. The van der Waals surface area contributed by atoms with Gasteiger partial charge in [-0.3, -0.25) is 9.59 Å². The zero-order chi connectivity index (χ0) is 22.8. The first-order valence-electron chi connectivity index (χ1n) is 12.2. The molecule has 0 unspecified atom stereocenters. The number of carbonyl (C=O) groups excluding carboxylic acids is 2. The lowest BCUT2D eigenvalue weighted by molar-refractivity contribution is -0.137. The number of hydrogen-bond acceptors (Lipinski definition) is 2. The van der Waals surface area contributed by atoms with E-state index in [0.717, 1.165) is 44.2 Å². The molecule has 3 aliphatic carbocycles. The molecule has 0 radical (unpaired) electrons. The van der Waals surface area contributed by atoms with Crippen molar-refractivity contribution in [2.45, 2.75) is 65.7 Å². The zero-order valence-electron chi connectivity index (χ0n) is 19.7. The number of fused-ring (bicyclic) bond motifs is 5. The lowest BCUT2D eigenvalue weighted by Gasteiger charge is -2.59. The van der Waals surface area contributed by atoms with E-state index in [1.165, 1.54) is 11.3 Å². The predicted molar refractivity (Wildman–Crippen MR) is 128 cm³/mol. The molecule has 6 atom stereocenters. The minimum Gasteiger partial charge on any atom is -0.326 e. The summed E-state index contributed by atoms with van der Waals surface area (Å²) >= 11 is 6.12. The van der Waals surface area contributed by atoms with Crippen LogP contribution in [0, 0.1) is 34.5 Å². The summed E-state index contributed by atoms with van der Waals surface area (Å²) in [6, 6.07) is 7.44. The molecular formula is C27H35ClN2O2. The SMILES string of the molecule is CC1=C2N(C)C(=O)CC[C@]2(C)[C@H]2CC[C@]3(C)[C@@H](C(=O)Nc4cccc(Cl)c4)CC[C@H]3[C@@H]2C1. The molecular weight excluding hydrogens is 420 g/mol. The molecule has 1 heterocycles. The van der Waals surface area contributed by atoms with Crippen molar-refractivity contribution in [1.82, 2.24) is 4.90 Å². The van der Waals surface area contributed by atoms with E-state index in [1.54, 1.807) is 0 Å². The van der Waals surface area contributed by atoms with Gasteiger partial charge in [0, 0.05) is 41.2 Å². The molecule has 32 heavy (non-hydrogen) atoms. The highest BCUT2D eigenvalue weighted by Crippen LogP contribution is 2.66. The summed E-state index contributed by atoms with van der Waals surface area (Å²) in [6.07, 6.45) is 7.00. The lowest BCUT2D eigenvalue weighted by Crippen LogP contribution is -2.54. The van der Waals surface area contributed by atoms with E-state index in [4.69, 9.17) is 11.6 Å².